The van der Waals surface area contributed by atoms with Crippen molar-refractivity contribution in [2.24, 2.45) is 13.0 Å². The van der Waals surface area contributed by atoms with Gasteiger partial charge in [-0.2, -0.15) is 5.10 Å². The molecule has 2 rings (SSSR count). The summed E-state index contributed by atoms with van der Waals surface area (Å²) in [4.78, 5) is 3.22. The molecule has 4 heteroatoms. The molecule has 1 aromatic heterocycles. The van der Waals surface area contributed by atoms with Gasteiger partial charge in [0.2, 0.25) is 0 Å². The summed E-state index contributed by atoms with van der Waals surface area (Å²) >= 11 is 3.74. The molecular formula is C12H20BrN3. The van der Waals surface area contributed by atoms with E-state index in [0.29, 0.717) is 4.83 Å². The number of hydrogen-bond donors (Lipinski definition) is 0. The monoisotopic (exact) mass is 285 g/mol. The molecule has 0 amide bonds. The van der Waals surface area contributed by atoms with E-state index in [0.717, 1.165) is 18.2 Å². The first kappa shape index (κ1) is 12.1. The van der Waals surface area contributed by atoms with Gasteiger partial charge in [0.25, 0.3) is 0 Å². The van der Waals surface area contributed by atoms with Crippen LogP contribution in [0.4, 0.5) is 0 Å². The molecule has 1 aliphatic heterocycles. The number of nitrogens with zero attached hydrogens (tertiary/aromatic N) is 3. The number of likely N-dealkylation sites (tertiary alicyclic amines) is 1. The van der Waals surface area contributed by atoms with Crippen LogP contribution in [0, 0.1) is 12.8 Å². The fourth-order valence-electron chi connectivity index (χ4n) is 2.39. The molecule has 0 bridgehead atoms. The highest BCUT2D eigenvalue weighted by Gasteiger charge is 2.24. The Labute approximate surface area is 106 Å². The summed E-state index contributed by atoms with van der Waals surface area (Å²) in [5, 5.41) is 4.39. The Morgan fingerprint density at radius 1 is 1.56 bits per heavy atom. The number of piperidine rings is 1. The summed E-state index contributed by atoms with van der Waals surface area (Å²) in [7, 11) is 2.03. The Morgan fingerprint density at radius 2 is 2.31 bits per heavy atom. The predicted octanol–water partition coefficient (Wildman–Crippen LogP) is 2.33. The second-order valence-corrected chi connectivity index (χ2v) is 6.09. The van der Waals surface area contributed by atoms with Gasteiger partial charge >= 0.3 is 0 Å². The summed E-state index contributed by atoms with van der Waals surface area (Å²) in [6.45, 7) is 7.77. The third-order valence-electron chi connectivity index (χ3n) is 3.37. The number of rotatable bonds is 2. The molecule has 0 spiro atoms. The van der Waals surface area contributed by atoms with Crippen molar-refractivity contribution >= 4 is 15.9 Å². The van der Waals surface area contributed by atoms with E-state index in [-0.39, 0.29) is 0 Å². The van der Waals surface area contributed by atoms with E-state index in [1.54, 1.807) is 0 Å². The molecule has 16 heavy (non-hydrogen) atoms. The van der Waals surface area contributed by atoms with Gasteiger partial charge in [-0.05, 0) is 31.9 Å². The van der Waals surface area contributed by atoms with Gasteiger partial charge in [-0.1, -0.05) is 22.9 Å². The summed E-state index contributed by atoms with van der Waals surface area (Å²) in [5.41, 5.74) is 2.43. The summed E-state index contributed by atoms with van der Waals surface area (Å²) in [5.74, 6) is 0.739. The third kappa shape index (κ3) is 2.66. The largest absolute Gasteiger partial charge is 0.297 e. The fraction of sp³-hybridized carbons (Fsp3) is 0.750. The molecule has 0 saturated carbocycles. The molecule has 0 N–H and O–H groups in total. The Balaban J connectivity index is 1.98. The third-order valence-corrected chi connectivity index (χ3v) is 4.73. The first-order valence-corrected chi connectivity index (χ1v) is 6.84. The van der Waals surface area contributed by atoms with Gasteiger partial charge in [0.1, 0.15) is 0 Å². The van der Waals surface area contributed by atoms with E-state index in [1.807, 2.05) is 11.7 Å². The summed E-state index contributed by atoms with van der Waals surface area (Å²) < 4.78 is 2.00. The SMILES string of the molecule is Cc1cc(CN2CCC(Br)C(C)C2)n(C)n1. The van der Waals surface area contributed by atoms with Gasteiger partial charge < -0.3 is 0 Å². The van der Waals surface area contributed by atoms with E-state index < -0.39 is 0 Å². The maximum atomic E-state index is 4.39. The van der Waals surface area contributed by atoms with E-state index in [2.05, 4.69) is 45.8 Å². The number of aryl methyl sites for hydroxylation is 2. The molecule has 90 valence electrons. The molecule has 2 atom stereocenters. The van der Waals surface area contributed by atoms with Crippen molar-refractivity contribution in [2.45, 2.75) is 31.6 Å². The molecule has 1 fully saturated rings. The van der Waals surface area contributed by atoms with Crippen LogP contribution in [0.15, 0.2) is 6.07 Å². The minimum absolute atomic E-state index is 0.692. The molecule has 1 aromatic rings. The zero-order valence-corrected chi connectivity index (χ0v) is 11.9. The Bertz CT molecular complexity index is 361. The van der Waals surface area contributed by atoms with Crippen LogP contribution in [-0.4, -0.2) is 32.6 Å². The molecule has 3 nitrogen and oxygen atoms in total. The van der Waals surface area contributed by atoms with Gasteiger partial charge in [-0.25, -0.2) is 0 Å². The molecule has 2 unspecified atom stereocenters. The second kappa shape index (κ2) is 4.88. The van der Waals surface area contributed by atoms with Crippen LogP contribution >= 0.6 is 15.9 Å². The highest BCUT2D eigenvalue weighted by Crippen LogP contribution is 2.24. The minimum atomic E-state index is 0.692. The van der Waals surface area contributed by atoms with Gasteiger partial charge in [-0.15, -0.1) is 0 Å². The van der Waals surface area contributed by atoms with Crippen molar-refractivity contribution in [1.82, 2.24) is 14.7 Å². The quantitative estimate of drug-likeness (QED) is 0.778. The summed E-state index contributed by atoms with van der Waals surface area (Å²) in [6, 6.07) is 2.19. The standard InChI is InChI=1S/C12H20BrN3/c1-9-7-16(5-4-12(9)13)8-11-6-10(2)14-15(11)3/h6,9,12H,4-5,7-8H2,1-3H3. The van der Waals surface area contributed by atoms with E-state index >= 15 is 0 Å². The van der Waals surface area contributed by atoms with Crippen LogP contribution in [-0.2, 0) is 13.6 Å². The number of hydrogen-bond acceptors (Lipinski definition) is 2. The Hall–Kier alpha value is -0.350. The molecule has 2 heterocycles. The number of aromatic nitrogens is 2. The van der Waals surface area contributed by atoms with Crippen LogP contribution in [0.1, 0.15) is 24.7 Å². The van der Waals surface area contributed by atoms with Crippen molar-refractivity contribution in [2.75, 3.05) is 13.1 Å². The van der Waals surface area contributed by atoms with Crippen molar-refractivity contribution in [3.8, 4) is 0 Å². The highest BCUT2D eigenvalue weighted by atomic mass is 79.9. The lowest BCUT2D eigenvalue weighted by Gasteiger charge is -2.34. The zero-order chi connectivity index (χ0) is 11.7. The van der Waals surface area contributed by atoms with Gasteiger partial charge in [0, 0.05) is 25.0 Å². The van der Waals surface area contributed by atoms with E-state index in [4.69, 9.17) is 0 Å². The van der Waals surface area contributed by atoms with Crippen molar-refractivity contribution in [1.29, 1.82) is 0 Å². The van der Waals surface area contributed by atoms with Crippen LogP contribution in [0.25, 0.3) is 0 Å². The van der Waals surface area contributed by atoms with Gasteiger partial charge in [0.15, 0.2) is 0 Å². The minimum Gasteiger partial charge on any atom is -0.297 e. The Kier molecular flexibility index (Phi) is 3.70. The van der Waals surface area contributed by atoms with E-state index in [1.165, 1.54) is 25.2 Å². The van der Waals surface area contributed by atoms with Crippen LogP contribution in [0.2, 0.25) is 0 Å². The molecular weight excluding hydrogens is 266 g/mol. The smallest absolute Gasteiger partial charge is 0.0597 e. The van der Waals surface area contributed by atoms with Crippen molar-refractivity contribution in [3.63, 3.8) is 0 Å². The maximum absolute atomic E-state index is 4.39. The summed E-state index contributed by atoms with van der Waals surface area (Å²) in [6.07, 6.45) is 1.25. The number of alkyl halides is 1. The lowest BCUT2D eigenvalue weighted by Crippen LogP contribution is -2.39. The van der Waals surface area contributed by atoms with Gasteiger partial charge in [0.05, 0.1) is 11.4 Å². The lowest BCUT2D eigenvalue weighted by molar-refractivity contribution is 0.179. The van der Waals surface area contributed by atoms with Crippen LogP contribution in [0.3, 0.4) is 0 Å². The van der Waals surface area contributed by atoms with Crippen molar-refractivity contribution < 1.29 is 0 Å². The Morgan fingerprint density at radius 3 is 2.88 bits per heavy atom. The average Bonchev–Trinajstić information content (AvgIpc) is 2.51. The average molecular weight is 286 g/mol. The lowest BCUT2D eigenvalue weighted by atomic mass is 10.00. The highest BCUT2D eigenvalue weighted by molar-refractivity contribution is 9.09. The maximum Gasteiger partial charge on any atom is 0.0597 e. The fourth-order valence-corrected chi connectivity index (χ4v) is 2.76. The molecule has 0 aliphatic carbocycles. The molecule has 1 aliphatic rings. The van der Waals surface area contributed by atoms with Crippen LogP contribution < -0.4 is 0 Å². The normalized spacial score (nSPS) is 27.2. The first-order valence-electron chi connectivity index (χ1n) is 5.92. The second-order valence-electron chi connectivity index (χ2n) is 4.92. The molecule has 1 saturated heterocycles. The van der Waals surface area contributed by atoms with Crippen molar-refractivity contribution in [3.05, 3.63) is 17.5 Å². The van der Waals surface area contributed by atoms with E-state index in [9.17, 15) is 0 Å². The zero-order valence-electron chi connectivity index (χ0n) is 10.3. The topological polar surface area (TPSA) is 21.1 Å². The van der Waals surface area contributed by atoms with Crippen LogP contribution in [0.5, 0.6) is 0 Å². The number of halogens is 1. The molecule has 0 aromatic carbocycles. The van der Waals surface area contributed by atoms with Gasteiger partial charge in [-0.3, -0.25) is 9.58 Å². The predicted molar refractivity (Wildman–Crippen MR) is 69.7 cm³/mol. The molecule has 0 radical (unpaired) electrons. The first-order chi connectivity index (χ1) is 7.56.